The molecule has 1 aromatic carbocycles. The van der Waals surface area contributed by atoms with Crippen LogP contribution in [0.2, 0.25) is 0 Å². The first-order valence-electron chi connectivity index (χ1n) is 8.02. The number of hydrogen-bond acceptors (Lipinski definition) is 4. The van der Waals surface area contributed by atoms with E-state index in [0.29, 0.717) is 29.1 Å². The van der Waals surface area contributed by atoms with Gasteiger partial charge in [0.1, 0.15) is 0 Å². The molecule has 1 heterocycles. The summed E-state index contributed by atoms with van der Waals surface area (Å²) >= 11 is 1.36. The summed E-state index contributed by atoms with van der Waals surface area (Å²) in [5, 5.41) is 17.8. The maximum absolute atomic E-state index is 12.3. The molecule has 24 heavy (non-hydrogen) atoms. The van der Waals surface area contributed by atoms with Crippen LogP contribution in [0.25, 0.3) is 0 Å². The Balaban J connectivity index is 1.67. The minimum Gasteiger partial charge on any atom is -0.389 e. The largest absolute Gasteiger partial charge is 0.389 e. The van der Waals surface area contributed by atoms with Crippen molar-refractivity contribution < 1.29 is 14.7 Å². The van der Waals surface area contributed by atoms with Gasteiger partial charge >= 0.3 is 0 Å². The Morgan fingerprint density at radius 3 is 2.33 bits per heavy atom. The fourth-order valence-electron chi connectivity index (χ4n) is 3.00. The van der Waals surface area contributed by atoms with E-state index in [4.69, 9.17) is 0 Å². The maximum atomic E-state index is 12.3. The lowest BCUT2D eigenvalue weighted by molar-refractivity contribution is -0.120. The smallest absolute Gasteiger partial charge is 0.265 e. The van der Waals surface area contributed by atoms with Gasteiger partial charge in [0.05, 0.1) is 28.3 Å². The SMILES string of the molecule is O=C(CC1(O)CCCC1)Nc1ccccc1NC(=O)c1cccs1. The van der Waals surface area contributed by atoms with Gasteiger partial charge in [0.15, 0.2) is 0 Å². The van der Waals surface area contributed by atoms with Crippen LogP contribution in [-0.2, 0) is 4.79 Å². The number of para-hydroxylation sites is 2. The molecule has 3 rings (SSSR count). The molecular weight excluding hydrogens is 324 g/mol. The van der Waals surface area contributed by atoms with Crippen LogP contribution in [0, 0.1) is 0 Å². The number of rotatable bonds is 5. The van der Waals surface area contributed by atoms with E-state index in [1.807, 2.05) is 11.4 Å². The van der Waals surface area contributed by atoms with E-state index in [2.05, 4.69) is 10.6 Å². The zero-order valence-electron chi connectivity index (χ0n) is 13.2. The zero-order valence-corrected chi connectivity index (χ0v) is 14.1. The molecule has 1 aliphatic rings. The number of amides is 2. The second-order valence-corrected chi connectivity index (χ2v) is 7.08. The summed E-state index contributed by atoms with van der Waals surface area (Å²) in [5.41, 5.74) is 0.191. The first-order chi connectivity index (χ1) is 11.6. The van der Waals surface area contributed by atoms with Gasteiger partial charge in [-0.2, -0.15) is 0 Å². The molecule has 1 fully saturated rings. The Hall–Kier alpha value is -2.18. The third-order valence-electron chi connectivity index (χ3n) is 4.22. The van der Waals surface area contributed by atoms with E-state index in [9.17, 15) is 14.7 Å². The van der Waals surface area contributed by atoms with Crippen molar-refractivity contribution in [3.8, 4) is 0 Å². The maximum Gasteiger partial charge on any atom is 0.265 e. The monoisotopic (exact) mass is 344 g/mol. The molecular formula is C18H20N2O3S. The minimum atomic E-state index is -0.890. The number of carbonyl (C=O) groups is 2. The topological polar surface area (TPSA) is 78.4 Å². The van der Waals surface area contributed by atoms with E-state index in [1.54, 1.807) is 30.3 Å². The van der Waals surface area contributed by atoms with Gasteiger partial charge in [0.2, 0.25) is 5.91 Å². The summed E-state index contributed by atoms with van der Waals surface area (Å²) in [6.45, 7) is 0. The summed E-state index contributed by atoms with van der Waals surface area (Å²) in [5.74, 6) is -0.446. The van der Waals surface area contributed by atoms with Gasteiger partial charge in [-0.3, -0.25) is 9.59 Å². The first-order valence-corrected chi connectivity index (χ1v) is 8.90. The van der Waals surface area contributed by atoms with Crippen molar-refractivity contribution in [1.29, 1.82) is 0 Å². The Morgan fingerprint density at radius 2 is 1.71 bits per heavy atom. The van der Waals surface area contributed by atoms with Crippen LogP contribution >= 0.6 is 11.3 Å². The number of hydrogen-bond donors (Lipinski definition) is 3. The van der Waals surface area contributed by atoms with Crippen LogP contribution < -0.4 is 10.6 Å². The number of thiophene rings is 1. The molecule has 5 nitrogen and oxygen atoms in total. The average molecular weight is 344 g/mol. The minimum absolute atomic E-state index is 0.0835. The lowest BCUT2D eigenvalue weighted by Gasteiger charge is -2.21. The van der Waals surface area contributed by atoms with Gasteiger partial charge in [-0.1, -0.05) is 31.0 Å². The molecule has 0 saturated heterocycles. The molecule has 3 N–H and O–H groups in total. The lowest BCUT2D eigenvalue weighted by atomic mass is 9.97. The second-order valence-electron chi connectivity index (χ2n) is 6.13. The van der Waals surface area contributed by atoms with Crippen LogP contribution in [0.5, 0.6) is 0 Å². The molecule has 2 amide bonds. The molecule has 0 spiro atoms. The fourth-order valence-corrected chi connectivity index (χ4v) is 3.61. The van der Waals surface area contributed by atoms with Crippen molar-refractivity contribution in [2.45, 2.75) is 37.7 Å². The van der Waals surface area contributed by atoms with Crippen LogP contribution in [0.3, 0.4) is 0 Å². The van der Waals surface area contributed by atoms with Gasteiger partial charge in [-0.25, -0.2) is 0 Å². The van der Waals surface area contributed by atoms with E-state index in [0.717, 1.165) is 12.8 Å². The zero-order chi connectivity index (χ0) is 17.0. The predicted molar refractivity (Wildman–Crippen MR) is 95.4 cm³/mol. The number of benzene rings is 1. The summed E-state index contributed by atoms with van der Waals surface area (Å²) in [6, 6.07) is 10.6. The highest BCUT2D eigenvalue weighted by molar-refractivity contribution is 7.12. The van der Waals surface area contributed by atoms with E-state index < -0.39 is 5.60 Å². The number of nitrogens with one attached hydrogen (secondary N) is 2. The molecule has 1 aliphatic carbocycles. The Bertz CT molecular complexity index is 722. The molecule has 1 saturated carbocycles. The Morgan fingerprint density at radius 1 is 1.04 bits per heavy atom. The van der Waals surface area contributed by atoms with Gasteiger partial charge in [0, 0.05) is 0 Å². The average Bonchev–Trinajstić information content (AvgIpc) is 3.21. The normalized spacial score (nSPS) is 15.9. The quantitative estimate of drug-likeness (QED) is 0.775. The molecule has 6 heteroatoms. The third-order valence-corrected chi connectivity index (χ3v) is 5.09. The molecule has 0 atom stereocenters. The van der Waals surface area contributed by atoms with Gasteiger partial charge < -0.3 is 15.7 Å². The Kier molecular flexibility index (Phi) is 4.97. The fraction of sp³-hybridized carbons (Fsp3) is 0.333. The number of aliphatic hydroxyl groups is 1. The molecule has 2 aromatic rings. The lowest BCUT2D eigenvalue weighted by Crippen LogP contribution is -2.31. The summed E-state index contributed by atoms with van der Waals surface area (Å²) < 4.78 is 0. The highest BCUT2D eigenvalue weighted by atomic mass is 32.1. The summed E-state index contributed by atoms with van der Waals surface area (Å²) in [6.07, 6.45) is 3.32. The van der Waals surface area contributed by atoms with E-state index in [1.165, 1.54) is 11.3 Å². The van der Waals surface area contributed by atoms with Gasteiger partial charge in [0.25, 0.3) is 5.91 Å². The van der Waals surface area contributed by atoms with Crippen molar-refractivity contribution >= 4 is 34.5 Å². The summed E-state index contributed by atoms with van der Waals surface area (Å²) in [7, 11) is 0. The van der Waals surface area contributed by atoms with Crippen LogP contribution in [0.4, 0.5) is 11.4 Å². The van der Waals surface area contributed by atoms with Crippen molar-refractivity contribution in [1.82, 2.24) is 0 Å². The molecule has 126 valence electrons. The molecule has 1 aromatic heterocycles. The second kappa shape index (κ2) is 7.15. The molecule has 0 unspecified atom stereocenters. The number of anilines is 2. The highest BCUT2D eigenvalue weighted by Crippen LogP contribution is 2.33. The van der Waals surface area contributed by atoms with Crippen LogP contribution in [0.15, 0.2) is 41.8 Å². The van der Waals surface area contributed by atoms with E-state index in [-0.39, 0.29) is 18.2 Å². The standard InChI is InChI=1S/C18H20N2O3S/c21-16(12-18(23)9-3-4-10-18)19-13-6-1-2-7-14(13)20-17(22)15-8-5-11-24-15/h1-2,5-8,11,23H,3-4,9-10,12H2,(H,19,21)(H,20,22). The van der Waals surface area contributed by atoms with E-state index >= 15 is 0 Å². The molecule has 0 radical (unpaired) electrons. The molecule has 0 bridgehead atoms. The summed E-state index contributed by atoms with van der Waals surface area (Å²) in [4.78, 5) is 25.1. The highest BCUT2D eigenvalue weighted by Gasteiger charge is 2.33. The molecule has 0 aliphatic heterocycles. The van der Waals surface area contributed by atoms with Crippen molar-refractivity contribution in [2.75, 3.05) is 10.6 Å². The van der Waals surface area contributed by atoms with Gasteiger partial charge in [-0.05, 0) is 36.4 Å². The number of carbonyl (C=O) groups excluding carboxylic acids is 2. The van der Waals surface area contributed by atoms with Crippen molar-refractivity contribution in [3.05, 3.63) is 46.7 Å². The van der Waals surface area contributed by atoms with Crippen molar-refractivity contribution in [3.63, 3.8) is 0 Å². The van der Waals surface area contributed by atoms with Crippen molar-refractivity contribution in [2.24, 2.45) is 0 Å². The predicted octanol–water partition coefficient (Wildman–Crippen LogP) is 3.63. The van der Waals surface area contributed by atoms with Crippen LogP contribution in [-0.4, -0.2) is 22.5 Å². The van der Waals surface area contributed by atoms with Crippen LogP contribution in [0.1, 0.15) is 41.8 Å². The van der Waals surface area contributed by atoms with Gasteiger partial charge in [-0.15, -0.1) is 11.3 Å². The third kappa shape index (κ3) is 4.01. The Labute approximate surface area is 144 Å². The first kappa shape index (κ1) is 16.7.